The van der Waals surface area contributed by atoms with E-state index in [1.54, 1.807) is 13.8 Å². The molecular weight excluding hydrogens is 299 g/mol. The van der Waals surface area contributed by atoms with E-state index >= 15 is 0 Å². The van der Waals surface area contributed by atoms with E-state index in [-0.39, 0.29) is 93.0 Å². The molecule has 0 aromatic heterocycles. The summed E-state index contributed by atoms with van der Waals surface area (Å²) in [5.74, 6) is 0.825. The first kappa shape index (κ1) is 43.3. The van der Waals surface area contributed by atoms with Gasteiger partial charge in [-0.1, -0.05) is 66.5 Å². The monoisotopic (exact) mass is 340 g/mol. The Bertz CT molecular complexity index is 276. The van der Waals surface area contributed by atoms with E-state index < -0.39 is 0 Å². The molecule has 1 rings (SSSR count). The van der Waals surface area contributed by atoms with Crippen LogP contribution in [-0.2, 0) is 4.79 Å². The van der Waals surface area contributed by atoms with Crippen LogP contribution >= 0.6 is 0 Å². The van der Waals surface area contributed by atoms with Crippen molar-refractivity contribution in [3.8, 4) is 0 Å². The summed E-state index contributed by atoms with van der Waals surface area (Å²) >= 11 is 0. The maximum absolute atomic E-state index is 9.44. The van der Waals surface area contributed by atoms with Gasteiger partial charge in [0.15, 0.2) is 0 Å². The fourth-order valence-corrected chi connectivity index (χ4v) is 0.838. The van der Waals surface area contributed by atoms with Gasteiger partial charge in [-0.2, -0.15) is 0 Å². The van der Waals surface area contributed by atoms with Gasteiger partial charge in [0, 0.05) is 6.10 Å². The number of aliphatic hydroxyl groups is 1. The molecule has 0 saturated carbocycles. The van der Waals surface area contributed by atoms with Gasteiger partial charge < -0.3 is 17.3 Å². The molecule has 0 fully saturated rings. The standard InChI is InChI=1S/C9H12.C3H8O.C3H6O.3CH4.CH3.K/c1-8(2)9-6-4-3-5-7-9;2*1-3(2)4;;;;;/h3-8H,1-2H3;3-4H,1-2H3;1-2H3;3*1H4;1H3;/q;;;;;;-1;+1. The number of carbonyl (C=O) groups excluding carboxylic acids is 1. The van der Waals surface area contributed by atoms with Gasteiger partial charge in [0.2, 0.25) is 0 Å². The van der Waals surface area contributed by atoms with Gasteiger partial charge >= 0.3 is 51.4 Å². The van der Waals surface area contributed by atoms with Gasteiger partial charge in [-0.05, 0) is 39.2 Å². The maximum Gasteiger partial charge on any atom is 1.00 e. The molecule has 130 valence electrons. The molecule has 0 spiro atoms. The number of hydrogen-bond acceptors (Lipinski definition) is 2. The summed E-state index contributed by atoms with van der Waals surface area (Å²) in [5.41, 5.74) is 1.41. The van der Waals surface area contributed by atoms with Crippen molar-refractivity contribution < 1.29 is 61.3 Å². The minimum atomic E-state index is -0.167. The second-order valence-electron chi connectivity index (χ2n) is 4.57. The van der Waals surface area contributed by atoms with Crippen molar-refractivity contribution in [2.75, 3.05) is 0 Å². The van der Waals surface area contributed by atoms with E-state index in [1.807, 2.05) is 6.07 Å². The van der Waals surface area contributed by atoms with Crippen molar-refractivity contribution in [2.24, 2.45) is 0 Å². The Kier molecular flexibility index (Phi) is 58.0. The third kappa shape index (κ3) is 49.9. The van der Waals surface area contributed by atoms with Gasteiger partial charge in [0.25, 0.3) is 0 Å². The molecule has 0 atom stereocenters. The fraction of sp³-hybridized carbons (Fsp3) is 0.579. The summed E-state index contributed by atoms with van der Waals surface area (Å²) in [6.07, 6.45) is -0.167. The zero-order valence-corrected chi connectivity index (χ0v) is 17.0. The summed E-state index contributed by atoms with van der Waals surface area (Å²) in [6.45, 7) is 10.9. The molecule has 0 aliphatic carbocycles. The quantitative estimate of drug-likeness (QED) is 0.630. The zero-order valence-electron chi connectivity index (χ0n) is 13.9. The summed E-state index contributed by atoms with van der Waals surface area (Å²) in [5, 5.41) is 8.06. The number of ketones is 1. The Labute approximate surface area is 184 Å². The van der Waals surface area contributed by atoms with Crippen molar-refractivity contribution in [3.05, 3.63) is 43.3 Å². The molecule has 0 unspecified atom stereocenters. The van der Waals surface area contributed by atoms with E-state index in [1.165, 1.54) is 19.4 Å². The van der Waals surface area contributed by atoms with Crippen LogP contribution in [0.5, 0.6) is 0 Å². The predicted octanol–water partition coefficient (Wildman–Crippen LogP) is 3.15. The predicted molar refractivity (Wildman–Crippen MR) is 101 cm³/mol. The van der Waals surface area contributed by atoms with Gasteiger partial charge in [-0.3, -0.25) is 0 Å². The van der Waals surface area contributed by atoms with E-state index in [0.29, 0.717) is 5.92 Å². The molecule has 22 heavy (non-hydrogen) atoms. The molecule has 0 amide bonds. The summed E-state index contributed by atoms with van der Waals surface area (Å²) < 4.78 is 0. The molecule has 2 nitrogen and oxygen atoms in total. The second kappa shape index (κ2) is 29.5. The topological polar surface area (TPSA) is 37.3 Å². The third-order valence-electron chi connectivity index (χ3n) is 1.47. The molecule has 0 heterocycles. The largest absolute Gasteiger partial charge is 1.00 e. The number of Topliss-reactive ketones (excluding diaryl/α,β-unsaturated/α-hetero) is 1. The first-order valence-electron chi connectivity index (χ1n) is 5.97. The summed E-state index contributed by atoms with van der Waals surface area (Å²) in [7, 11) is 0. The van der Waals surface area contributed by atoms with Crippen LogP contribution in [-0.4, -0.2) is 17.0 Å². The van der Waals surface area contributed by atoms with Gasteiger partial charge in [0.05, 0.1) is 0 Å². The molecule has 0 aliphatic rings. The average Bonchev–Trinajstić information content (AvgIpc) is 2.17. The van der Waals surface area contributed by atoms with Crippen molar-refractivity contribution in [3.63, 3.8) is 0 Å². The van der Waals surface area contributed by atoms with Gasteiger partial charge in [-0.25, -0.2) is 0 Å². The smallest absolute Gasteiger partial charge is 0.394 e. The van der Waals surface area contributed by atoms with Crippen molar-refractivity contribution >= 4 is 5.78 Å². The number of carbonyl (C=O) groups is 1. The Balaban J connectivity index is -0.0000000308. The van der Waals surface area contributed by atoms with Crippen LogP contribution in [0.15, 0.2) is 30.3 Å². The van der Waals surface area contributed by atoms with Crippen LogP contribution < -0.4 is 51.4 Å². The molecule has 0 aliphatic heterocycles. The van der Waals surface area contributed by atoms with Gasteiger partial charge in [-0.15, -0.1) is 0 Å². The first-order chi connectivity index (χ1) is 7.77. The number of rotatable bonds is 1. The summed E-state index contributed by atoms with van der Waals surface area (Å²) in [6, 6.07) is 10.5. The molecular formula is C19H41KO2. The SMILES string of the molecule is C.C.C.CC(C)=O.CC(C)O.CC(C)c1ccccc1.[CH3-].[K+]. The van der Waals surface area contributed by atoms with Crippen LogP contribution in [0.3, 0.4) is 0 Å². The zero-order chi connectivity index (χ0) is 13.8. The van der Waals surface area contributed by atoms with E-state index in [0.717, 1.165) is 0 Å². The van der Waals surface area contributed by atoms with Gasteiger partial charge in [0.1, 0.15) is 5.78 Å². The van der Waals surface area contributed by atoms with Crippen LogP contribution in [0, 0.1) is 7.43 Å². The van der Waals surface area contributed by atoms with Crippen LogP contribution in [0.25, 0.3) is 0 Å². The van der Waals surface area contributed by atoms with Crippen LogP contribution in [0.4, 0.5) is 0 Å². The molecule has 1 aromatic rings. The first-order valence-corrected chi connectivity index (χ1v) is 5.97. The molecule has 1 N–H and O–H groups in total. The molecule has 3 heteroatoms. The molecule has 1 aromatic carbocycles. The Morgan fingerprint density at radius 2 is 1.14 bits per heavy atom. The molecule has 0 saturated heterocycles. The Morgan fingerprint density at radius 3 is 1.27 bits per heavy atom. The van der Waals surface area contributed by atoms with Crippen LogP contribution in [0.1, 0.15) is 75.3 Å². The minimum Gasteiger partial charge on any atom is -0.394 e. The summed E-state index contributed by atoms with van der Waals surface area (Å²) in [4.78, 5) is 9.44. The Hall–Kier alpha value is 0.486. The number of benzene rings is 1. The van der Waals surface area contributed by atoms with Crippen molar-refractivity contribution in [1.29, 1.82) is 0 Å². The number of hydrogen-bond donors (Lipinski definition) is 1. The maximum atomic E-state index is 9.44. The minimum absolute atomic E-state index is 0. The average molecular weight is 341 g/mol. The molecule has 0 radical (unpaired) electrons. The fourth-order valence-electron chi connectivity index (χ4n) is 0.838. The second-order valence-corrected chi connectivity index (χ2v) is 4.57. The van der Waals surface area contributed by atoms with Crippen molar-refractivity contribution in [1.82, 2.24) is 0 Å². The third-order valence-corrected chi connectivity index (χ3v) is 1.47. The number of aliphatic hydroxyl groups excluding tert-OH is 1. The normalized spacial score (nSPS) is 6.95. The van der Waals surface area contributed by atoms with E-state index in [9.17, 15) is 4.79 Å². The van der Waals surface area contributed by atoms with E-state index in [4.69, 9.17) is 5.11 Å². The van der Waals surface area contributed by atoms with Crippen LogP contribution in [0.2, 0.25) is 0 Å². The Morgan fingerprint density at radius 1 is 0.909 bits per heavy atom. The van der Waals surface area contributed by atoms with E-state index in [2.05, 4.69) is 38.1 Å². The van der Waals surface area contributed by atoms with Crippen molar-refractivity contribution in [2.45, 2.75) is 75.8 Å². The molecule has 0 bridgehead atoms.